The summed E-state index contributed by atoms with van der Waals surface area (Å²) in [4.78, 5) is 2.64. The van der Waals surface area contributed by atoms with E-state index in [-0.39, 0.29) is 11.9 Å². The van der Waals surface area contributed by atoms with Crippen molar-refractivity contribution in [2.24, 2.45) is 0 Å². The number of hydrogen-bond donors (Lipinski definition) is 1. The van der Waals surface area contributed by atoms with Crippen LogP contribution in [-0.4, -0.2) is 6.54 Å². The highest BCUT2D eigenvalue weighted by atomic mass is 127. The summed E-state index contributed by atoms with van der Waals surface area (Å²) < 4.78 is 14.2. The van der Waals surface area contributed by atoms with Gasteiger partial charge in [-0.05, 0) is 72.3 Å². The summed E-state index contributed by atoms with van der Waals surface area (Å²) in [5, 5.41) is 3.51. The molecule has 4 heteroatoms. The van der Waals surface area contributed by atoms with E-state index in [1.165, 1.54) is 21.4 Å². The van der Waals surface area contributed by atoms with E-state index >= 15 is 0 Å². The summed E-state index contributed by atoms with van der Waals surface area (Å²) in [6.45, 7) is 7.24. The predicted octanol–water partition coefficient (Wildman–Crippen LogP) is 4.81. The monoisotopic (exact) mass is 389 g/mol. The van der Waals surface area contributed by atoms with Gasteiger partial charge in [-0.1, -0.05) is 13.0 Å². The average molecular weight is 389 g/mol. The zero-order valence-electron chi connectivity index (χ0n) is 11.3. The third-order valence-corrected chi connectivity index (χ3v) is 5.17. The maximum Gasteiger partial charge on any atom is 0.124 e. The second-order valence-electron chi connectivity index (χ2n) is 4.56. The van der Waals surface area contributed by atoms with Crippen molar-refractivity contribution in [1.29, 1.82) is 0 Å². The van der Waals surface area contributed by atoms with Crippen LogP contribution in [0.25, 0.3) is 0 Å². The quantitative estimate of drug-likeness (QED) is 0.741. The van der Waals surface area contributed by atoms with Gasteiger partial charge >= 0.3 is 0 Å². The summed E-state index contributed by atoms with van der Waals surface area (Å²) in [5.41, 5.74) is 2.45. The Hall–Kier alpha value is -0.460. The number of rotatable bonds is 4. The lowest BCUT2D eigenvalue weighted by atomic mass is 10.0. The first-order valence-corrected chi connectivity index (χ1v) is 8.17. The van der Waals surface area contributed by atoms with Gasteiger partial charge in [0.1, 0.15) is 5.82 Å². The molecule has 102 valence electrons. The van der Waals surface area contributed by atoms with Crippen molar-refractivity contribution in [2.45, 2.75) is 26.8 Å². The highest BCUT2D eigenvalue weighted by Crippen LogP contribution is 2.34. The van der Waals surface area contributed by atoms with Gasteiger partial charge in [0, 0.05) is 13.3 Å². The lowest BCUT2D eigenvalue weighted by Crippen LogP contribution is -2.22. The third kappa shape index (κ3) is 3.35. The van der Waals surface area contributed by atoms with E-state index in [2.05, 4.69) is 54.7 Å². The van der Waals surface area contributed by atoms with Crippen LogP contribution in [0.2, 0.25) is 0 Å². The maximum absolute atomic E-state index is 13.3. The number of halogens is 2. The SMILES string of the molecule is CCNC(c1ccc(F)cc1I)c1sc(C)cc1C. The van der Waals surface area contributed by atoms with E-state index in [1.54, 1.807) is 6.07 Å². The van der Waals surface area contributed by atoms with Gasteiger partial charge in [-0.3, -0.25) is 0 Å². The zero-order chi connectivity index (χ0) is 14.0. The Morgan fingerprint density at radius 2 is 2.05 bits per heavy atom. The molecule has 2 aromatic rings. The highest BCUT2D eigenvalue weighted by molar-refractivity contribution is 14.1. The topological polar surface area (TPSA) is 12.0 Å². The van der Waals surface area contributed by atoms with Crippen molar-refractivity contribution in [3.8, 4) is 0 Å². The van der Waals surface area contributed by atoms with E-state index < -0.39 is 0 Å². The average Bonchev–Trinajstić information content (AvgIpc) is 2.66. The van der Waals surface area contributed by atoms with E-state index in [0.29, 0.717) is 0 Å². The van der Waals surface area contributed by atoms with Crippen molar-refractivity contribution in [1.82, 2.24) is 5.32 Å². The van der Waals surface area contributed by atoms with Crippen molar-refractivity contribution in [3.63, 3.8) is 0 Å². The van der Waals surface area contributed by atoms with Gasteiger partial charge in [0.2, 0.25) is 0 Å². The molecule has 0 aliphatic carbocycles. The molecule has 0 saturated heterocycles. The fraction of sp³-hybridized carbons (Fsp3) is 0.333. The van der Waals surface area contributed by atoms with Crippen LogP contribution < -0.4 is 5.32 Å². The Bertz CT molecular complexity index is 580. The fourth-order valence-corrected chi connectivity index (χ4v) is 4.15. The smallest absolute Gasteiger partial charge is 0.124 e. The summed E-state index contributed by atoms with van der Waals surface area (Å²) in [5.74, 6) is -0.178. The molecule has 1 heterocycles. The summed E-state index contributed by atoms with van der Waals surface area (Å²) >= 11 is 4.02. The first kappa shape index (κ1) is 14.9. The number of nitrogens with one attached hydrogen (secondary N) is 1. The van der Waals surface area contributed by atoms with Crippen molar-refractivity contribution in [2.75, 3.05) is 6.54 Å². The third-order valence-electron chi connectivity index (χ3n) is 3.02. The van der Waals surface area contributed by atoms with Crippen molar-refractivity contribution >= 4 is 33.9 Å². The standard InChI is InChI=1S/C15H17FINS/c1-4-18-14(15-9(2)7-10(3)19-15)12-6-5-11(16)8-13(12)17/h5-8,14,18H,4H2,1-3H3. The van der Waals surface area contributed by atoms with Gasteiger partial charge in [-0.2, -0.15) is 0 Å². The largest absolute Gasteiger partial charge is 0.306 e. The van der Waals surface area contributed by atoms with Gasteiger partial charge in [-0.15, -0.1) is 11.3 Å². The van der Waals surface area contributed by atoms with E-state index in [4.69, 9.17) is 0 Å². The molecule has 0 fully saturated rings. The molecule has 1 aromatic heterocycles. The molecule has 1 N–H and O–H groups in total. The van der Waals surface area contributed by atoms with E-state index in [1.807, 2.05) is 17.4 Å². The lowest BCUT2D eigenvalue weighted by molar-refractivity contribution is 0.613. The molecule has 19 heavy (non-hydrogen) atoms. The highest BCUT2D eigenvalue weighted by Gasteiger charge is 2.20. The fourth-order valence-electron chi connectivity index (χ4n) is 2.23. The molecule has 0 aliphatic heterocycles. The van der Waals surface area contributed by atoms with Gasteiger partial charge in [0.25, 0.3) is 0 Å². The van der Waals surface area contributed by atoms with Gasteiger partial charge in [-0.25, -0.2) is 4.39 Å². The van der Waals surface area contributed by atoms with Crippen molar-refractivity contribution < 1.29 is 4.39 Å². The van der Waals surface area contributed by atoms with Crippen LogP contribution in [0.1, 0.15) is 33.8 Å². The van der Waals surface area contributed by atoms with Crippen LogP contribution in [0, 0.1) is 23.2 Å². The van der Waals surface area contributed by atoms with E-state index in [9.17, 15) is 4.39 Å². The summed E-state index contributed by atoms with van der Waals surface area (Å²) in [6.07, 6.45) is 0. The molecule has 0 saturated carbocycles. The minimum atomic E-state index is -0.178. The molecular formula is C15H17FINS. The second-order valence-corrected chi connectivity index (χ2v) is 7.01. The molecule has 0 radical (unpaired) electrons. The summed E-state index contributed by atoms with van der Waals surface area (Å²) in [7, 11) is 0. The Morgan fingerprint density at radius 1 is 1.32 bits per heavy atom. The van der Waals surface area contributed by atoms with Crippen LogP contribution in [-0.2, 0) is 0 Å². The second kappa shape index (κ2) is 6.33. The molecule has 1 unspecified atom stereocenters. The van der Waals surface area contributed by atoms with Crippen LogP contribution in [0.3, 0.4) is 0 Å². The Morgan fingerprint density at radius 3 is 2.58 bits per heavy atom. The minimum Gasteiger partial charge on any atom is -0.306 e. The molecular weight excluding hydrogens is 372 g/mol. The van der Waals surface area contributed by atoms with Gasteiger partial charge in [0.05, 0.1) is 6.04 Å². The number of aryl methyl sites for hydroxylation is 2. The molecule has 1 nitrogen and oxygen atoms in total. The Labute approximate surface area is 131 Å². The van der Waals surface area contributed by atoms with Gasteiger partial charge in [0.15, 0.2) is 0 Å². The van der Waals surface area contributed by atoms with Crippen LogP contribution in [0.4, 0.5) is 4.39 Å². The minimum absolute atomic E-state index is 0.149. The molecule has 0 bridgehead atoms. The predicted molar refractivity (Wildman–Crippen MR) is 88.4 cm³/mol. The molecule has 2 rings (SSSR count). The molecule has 0 aliphatic rings. The summed E-state index contributed by atoms with van der Waals surface area (Å²) in [6, 6.07) is 7.38. The number of hydrogen-bond acceptors (Lipinski definition) is 2. The zero-order valence-corrected chi connectivity index (χ0v) is 14.2. The Balaban J connectivity index is 2.48. The normalized spacial score (nSPS) is 12.7. The Kier molecular flexibility index (Phi) is 4.97. The van der Waals surface area contributed by atoms with Crippen LogP contribution in [0.15, 0.2) is 24.3 Å². The van der Waals surface area contributed by atoms with E-state index in [0.717, 1.165) is 15.7 Å². The molecule has 1 aromatic carbocycles. The maximum atomic E-state index is 13.3. The first-order valence-electron chi connectivity index (χ1n) is 6.28. The lowest BCUT2D eigenvalue weighted by Gasteiger charge is -2.19. The molecule has 1 atom stereocenters. The first-order chi connectivity index (χ1) is 9.02. The van der Waals surface area contributed by atoms with Crippen LogP contribution in [0.5, 0.6) is 0 Å². The molecule has 0 amide bonds. The van der Waals surface area contributed by atoms with Gasteiger partial charge < -0.3 is 5.32 Å². The number of thiophene rings is 1. The molecule has 0 spiro atoms. The van der Waals surface area contributed by atoms with Crippen LogP contribution >= 0.6 is 33.9 Å². The number of benzene rings is 1. The van der Waals surface area contributed by atoms with Crippen molar-refractivity contribution in [3.05, 3.63) is 54.5 Å².